The predicted molar refractivity (Wildman–Crippen MR) is 134 cm³/mol. The fourth-order valence-corrected chi connectivity index (χ4v) is 5.69. The molecule has 0 amide bonds. The Hall–Kier alpha value is -4.12. The predicted octanol–water partition coefficient (Wildman–Crippen LogP) is 3.88. The first-order chi connectivity index (χ1) is 17.9. The maximum atomic E-state index is 15.4. The Balaban J connectivity index is 1.71. The number of halogens is 1. The highest BCUT2D eigenvalue weighted by Crippen LogP contribution is 2.42. The first-order valence-corrected chi connectivity index (χ1v) is 12.1. The van der Waals surface area contributed by atoms with E-state index in [0.717, 1.165) is 35.3 Å². The molecule has 1 atom stereocenters. The molecule has 6 heterocycles. The second-order valence-electron chi connectivity index (χ2n) is 9.50. The number of carboxylic acid groups (broad SMARTS) is 1. The molecule has 1 saturated heterocycles. The van der Waals surface area contributed by atoms with Gasteiger partial charge in [-0.25, -0.2) is 13.9 Å². The lowest BCUT2D eigenvalue weighted by molar-refractivity contribution is 0.0543. The Labute approximate surface area is 211 Å². The molecule has 37 heavy (non-hydrogen) atoms. The zero-order chi connectivity index (χ0) is 25.8. The molecule has 1 aliphatic rings. The second kappa shape index (κ2) is 8.77. The lowest BCUT2D eigenvalue weighted by Crippen LogP contribution is -2.28. The van der Waals surface area contributed by atoms with Crippen molar-refractivity contribution < 1.29 is 19.0 Å². The molecule has 1 unspecified atom stereocenters. The number of carboxylic acids is 1. The molecular formula is C26H26FN7O3. The Morgan fingerprint density at radius 3 is 2.65 bits per heavy atom. The molecule has 1 aliphatic heterocycles. The minimum Gasteiger partial charge on any atom is -0.477 e. The van der Waals surface area contributed by atoms with Crippen molar-refractivity contribution in [1.82, 2.24) is 34.1 Å². The monoisotopic (exact) mass is 503 g/mol. The maximum absolute atomic E-state index is 15.4. The van der Waals surface area contributed by atoms with E-state index in [1.807, 2.05) is 24.6 Å². The number of fused-ring (bicyclic) bond motifs is 3. The van der Waals surface area contributed by atoms with Gasteiger partial charge in [0.25, 0.3) is 0 Å². The van der Waals surface area contributed by atoms with E-state index in [1.54, 1.807) is 40.8 Å². The van der Waals surface area contributed by atoms with E-state index in [1.165, 1.54) is 6.07 Å². The summed E-state index contributed by atoms with van der Waals surface area (Å²) in [5.74, 6) is -1.42. The molecule has 6 rings (SSSR count). The minimum absolute atomic E-state index is 0.0224. The van der Waals surface area contributed by atoms with Crippen LogP contribution in [0.3, 0.4) is 0 Å². The molecule has 1 fully saturated rings. The van der Waals surface area contributed by atoms with E-state index in [2.05, 4.69) is 15.3 Å². The van der Waals surface area contributed by atoms with Crippen LogP contribution < -0.4 is 0 Å². The standard InChI is InChI=1S/C26H26FN7O3/c1-14-23(33(3)31-30-14)16-11-18-22(29-13-16)25-19(12-20(26(35)36)32(25)2)34(18)24(15-6-9-37-10-7-15)21-17(27)5-4-8-28-21/h4-5,8,11-13,15,24H,6-7,9-10H2,1-3H3,(H,35,36). The van der Waals surface area contributed by atoms with Crippen LogP contribution in [-0.4, -0.2) is 58.4 Å². The minimum atomic E-state index is -1.04. The van der Waals surface area contributed by atoms with E-state index in [4.69, 9.17) is 9.72 Å². The highest BCUT2D eigenvalue weighted by atomic mass is 19.1. The van der Waals surface area contributed by atoms with Gasteiger partial charge in [0.15, 0.2) is 0 Å². The molecule has 11 heteroatoms. The first-order valence-electron chi connectivity index (χ1n) is 12.1. The lowest BCUT2D eigenvalue weighted by Gasteiger charge is -2.32. The first kappa shape index (κ1) is 23.3. The highest BCUT2D eigenvalue weighted by molar-refractivity contribution is 6.08. The molecule has 5 aromatic heterocycles. The number of aromatic carboxylic acids is 1. The number of ether oxygens (including phenoxy) is 1. The number of aryl methyl sites for hydroxylation is 3. The molecule has 0 aliphatic carbocycles. The smallest absolute Gasteiger partial charge is 0.352 e. The number of pyridine rings is 2. The summed E-state index contributed by atoms with van der Waals surface area (Å²) in [5, 5.41) is 18.2. The summed E-state index contributed by atoms with van der Waals surface area (Å²) < 4.78 is 26.3. The number of aromatic nitrogens is 7. The topological polar surface area (TPSA) is 113 Å². The van der Waals surface area contributed by atoms with Crippen molar-refractivity contribution in [2.45, 2.75) is 25.8 Å². The number of hydrogen-bond donors (Lipinski definition) is 1. The van der Waals surface area contributed by atoms with Crippen molar-refractivity contribution in [2.24, 2.45) is 20.0 Å². The molecule has 0 aromatic carbocycles. The third kappa shape index (κ3) is 3.60. The summed E-state index contributed by atoms with van der Waals surface area (Å²) in [6, 6.07) is 6.15. The average molecular weight is 504 g/mol. The summed E-state index contributed by atoms with van der Waals surface area (Å²) in [6.07, 6.45) is 4.78. The average Bonchev–Trinajstić information content (AvgIpc) is 3.52. The van der Waals surface area contributed by atoms with Gasteiger partial charge in [-0.2, -0.15) is 0 Å². The number of carbonyl (C=O) groups is 1. The third-order valence-electron chi connectivity index (χ3n) is 7.37. The Morgan fingerprint density at radius 1 is 1.19 bits per heavy atom. The zero-order valence-corrected chi connectivity index (χ0v) is 20.7. The molecular weight excluding hydrogens is 477 g/mol. The van der Waals surface area contributed by atoms with Gasteiger partial charge in [-0.05, 0) is 49.9 Å². The molecule has 0 saturated carbocycles. The molecule has 1 N–H and O–H groups in total. The Kier molecular flexibility index (Phi) is 5.52. The summed E-state index contributed by atoms with van der Waals surface area (Å²) in [5.41, 5.74) is 5.58. The third-order valence-corrected chi connectivity index (χ3v) is 7.37. The van der Waals surface area contributed by atoms with Crippen molar-refractivity contribution in [1.29, 1.82) is 0 Å². The highest BCUT2D eigenvalue weighted by Gasteiger charge is 2.34. The van der Waals surface area contributed by atoms with Crippen LogP contribution in [0.1, 0.15) is 40.8 Å². The number of hydrogen-bond acceptors (Lipinski definition) is 6. The van der Waals surface area contributed by atoms with Gasteiger partial charge in [-0.15, -0.1) is 5.10 Å². The zero-order valence-electron chi connectivity index (χ0n) is 20.7. The summed E-state index contributed by atoms with van der Waals surface area (Å²) in [4.78, 5) is 21.3. The fraction of sp³-hybridized carbons (Fsp3) is 0.346. The van der Waals surface area contributed by atoms with Crippen LogP contribution in [0.5, 0.6) is 0 Å². The molecule has 0 radical (unpaired) electrons. The number of nitrogens with zero attached hydrogens (tertiary/aromatic N) is 7. The van der Waals surface area contributed by atoms with Gasteiger partial charge >= 0.3 is 5.97 Å². The van der Waals surface area contributed by atoms with Crippen molar-refractivity contribution >= 4 is 28.0 Å². The van der Waals surface area contributed by atoms with Crippen LogP contribution in [0.25, 0.3) is 33.3 Å². The van der Waals surface area contributed by atoms with Gasteiger partial charge in [0.1, 0.15) is 17.0 Å². The summed E-state index contributed by atoms with van der Waals surface area (Å²) in [7, 11) is 3.54. The van der Waals surface area contributed by atoms with Crippen LogP contribution in [0, 0.1) is 18.7 Å². The van der Waals surface area contributed by atoms with Crippen LogP contribution >= 0.6 is 0 Å². The van der Waals surface area contributed by atoms with Crippen LogP contribution in [0.2, 0.25) is 0 Å². The fourth-order valence-electron chi connectivity index (χ4n) is 5.69. The molecule has 0 spiro atoms. The van der Waals surface area contributed by atoms with E-state index in [-0.39, 0.29) is 11.6 Å². The van der Waals surface area contributed by atoms with Gasteiger partial charge in [-0.3, -0.25) is 9.97 Å². The van der Waals surface area contributed by atoms with Gasteiger partial charge in [0.2, 0.25) is 0 Å². The molecule has 5 aromatic rings. The quantitative estimate of drug-likeness (QED) is 0.387. The van der Waals surface area contributed by atoms with Crippen LogP contribution in [0.4, 0.5) is 4.39 Å². The van der Waals surface area contributed by atoms with Crippen LogP contribution in [-0.2, 0) is 18.8 Å². The van der Waals surface area contributed by atoms with Crippen molar-refractivity contribution in [3.8, 4) is 11.3 Å². The van der Waals surface area contributed by atoms with Crippen molar-refractivity contribution in [2.75, 3.05) is 13.2 Å². The van der Waals surface area contributed by atoms with Gasteiger partial charge < -0.3 is 19.0 Å². The second-order valence-corrected chi connectivity index (χ2v) is 9.50. The SMILES string of the molecule is Cc1nnn(C)c1-c1cnc2c3c(cc(C(=O)O)n3C)n(C(c3ncccc3F)C3CCOCC3)c2c1. The summed E-state index contributed by atoms with van der Waals surface area (Å²) >= 11 is 0. The van der Waals surface area contributed by atoms with Gasteiger partial charge in [0, 0.05) is 45.3 Å². The molecule has 10 nitrogen and oxygen atoms in total. The van der Waals surface area contributed by atoms with E-state index in [9.17, 15) is 9.90 Å². The van der Waals surface area contributed by atoms with Crippen molar-refractivity contribution in [3.63, 3.8) is 0 Å². The number of rotatable bonds is 5. The Morgan fingerprint density at radius 2 is 1.97 bits per heavy atom. The molecule has 0 bridgehead atoms. The van der Waals surface area contributed by atoms with Gasteiger partial charge in [-0.1, -0.05) is 5.21 Å². The van der Waals surface area contributed by atoms with Gasteiger partial charge in [0.05, 0.1) is 39.7 Å². The van der Waals surface area contributed by atoms with E-state index >= 15 is 4.39 Å². The Bertz CT molecular complexity index is 1640. The van der Waals surface area contributed by atoms with E-state index < -0.39 is 17.8 Å². The van der Waals surface area contributed by atoms with Crippen LogP contribution in [0.15, 0.2) is 36.7 Å². The normalized spacial score (nSPS) is 15.6. The van der Waals surface area contributed by atoms with Crippen molar-refractivity contribution in [3.05, 3.63) is 59.6 Å². The largest absolute Gasteiger partial charge is 0.477 e. The lowest BCUT2D eigenvalue weighted by atomic mass is 9.88. The van der Waals surface area contributed by atoms with E-state index in [0.29, 0.717) is 35.5 Å². The summed E-state index contributed by atoms with van der Waals surface area (Å²) in [6.45, 7) is 3.02. The maximum Gasteiger partial charge on any atom is 0.352 e. The molecule has 190 valence electrons.